The van der Waals surface area contributed by atoms with Crippen LogP contribution in [0.2, 0.25) is 0 Å². The number of nitrogens with zero attached hydrogens (tertiary/aromatic N) is 2. The first kappa shape index (κ1) is 13.2. The maximum absolute atomic E-state index is 12.2. The Labute approximate surface area is 112 Å². The van der Waals surface area contributed by atoms with Crippen molar-refractivity contribution < 1.29 is 4.79 Å². The van der Waals surface area contributed by atoms with Crippen LogP contribution in [0.15, 0.2) is 24.3 Å². The van der Waals surface area contributed by atoms with Crippen LogP contribution < -0.4 is 5.32 Å². The fourth-order valence-corrected chi connectivity index (χ4v) is 1.97. The van der Waals surface area contributed by atoms with E-state index in [9.17, 15) is 4.79 Å². The summed E-state index contributed by atoms with van der Waals surface area (Å²) in [5.41, 5.74) is 4.20. The van der Waals surface area contributed by atoms with Gasteiger partial charge in [-0.2, -0.15) is 0 Å². The molecule has 0 fully saturated rings. The van der Waals surface area contributed by atoms with E-state index in [0.717, 1.165) is 16.9 Å². The smallest absolute Gasteiger partial charge is 0.274 e. The summed E-state index contributed by atoms with van der Waals surface area (Å²) in [4.78, 5) is 20.5. The van der Waals surface area contributed by atoms with Crippen molar-refractivity contribution in [3.63, 3.8) is 0 Å². The van der Waals surface area contributed by atoms with E-state index in [4.69, 9.17) is 0 Å². The van der Waals surface area contributed by atoms with Crippen LogP contribution in [0.4, 0.5) is 5.69 Å². The first-order chi connectivity index (χ1) is 8.95. The third kappa shape index (κ3) is 3.16. The molecule has 0 aliphatic rings. The number of aromatic nitrogens is 2. The zero-order valence-corrected chi connectivity index (χ0v) is 11.6. The topological polar surface area (TPSA) is 54.9 Å². The summed E-state index contributed by atoms with van der Waals surface area (Å²) in [6, 6.07) is 7.60. The van der Waals surface area contributed by atoms with Crippen LogP contribution >= 0.6 is 0 Å². The van der Waals surface area contributed by atoms with Gasteiger partial charge in [0.15, 0.2) is 0 Å². The average molecular weight is 255 g/mol. The second-order valence-electron chi connectivity index (χ2n) is 4.71. The molecule has 0 radical (unpaired) electrons. The van der Waals surface area contributed by atoms with Crippen LogP contribution in [0, 0.1) is 27.7 Å². The number of hydrogen-bond donors (Lipinski definition) is 1. The molecule has 0 aliphatic heterocycles. The highest BCUT2D eigenvalue weighted by Crippen LogP contribution is 2.16. The molecule has 2 aromatic rings. The maximum Gasteiger partial charge on any atom is 0.274 e. The molecule has 1 aromatic carbocycles. The number of carbonyl (C=O) groups excluding carboxylic acids is 1. The van der Waals surface area contributed by atoms with Gasteiger partial charge in [0.2, 0.25) is 0 Å². The summed E-state index contributed by atoms with van der Waals surface area (Å²) in [6.45, 7) is 7.62. The number of amides is 1. The molecule has 1 heterocycles. The van der Waals surface area contributed by atoms with Gasteiger partial charge in [-0.1, -0.05) is 17.7 Å². The third-order valence-corrected chi connectivity index (χ3v) is 2.83. The molecule has 98 valence electrons. The summed E-state index contributed by atoms with van der Waals surface area (Å²) in [6.07, 6.45) is 0. The van der Waals surface area contributed by atoms with Gasteiger partial charge in [-0.05, 0) is 45.4 Å². The quantitative estimate of drug-likeness (QED) is 0.897. The van der Waals surface area contributed by atoms with E-state index in [0.29, 0.717) is 11.5 Å². The minimum atomic E-state index is -0.208. The number of anilines is 1. The van der Waals surface area contributed by atoms with Gasteiger partial charge in [0.25, 0.3) is 5.91 Å². The van der Waals surface area contributed by atoms with Crippen LogP contribution in [-0.2, 0) is 0 Å². The van der Waals surface area contributed by atoms with Crippen molar-refractivity contribution >= 4 is 11.6 Å². The highest BCUT2D eigenvalue weighted by Gasteiger charge is 2.10. The molecule has 2 rings (SSSR count). The van der Waals surface area contributed by atoms with Gasteiger partial charge in [0, 0.05) is 11.4 Å². The van der Waals surface area contributed by atoms with E-state index >= 15 is 0 Å². The lowest BCUT2D eigenvalue weighted by molar-refractivity contribution is 0.102. The summed E-state index contributed by atoms with van der Waals surface area (Å²) >= 11 is 0. The molecule has 1 N–H and O–H groups in total. The highest BCUT2D eigenvalue weighted by molar-refractivity contribution is 6.03. The lowest BCUT2D eigenvalue weighted by Crippen LogP contribution is -2.15. The minimum Gasteiger partial charge on any atom is -0.320 e. The Morgan fingerprint density at radius 1 is 1.05 bits per heavy atom. The lowest BCUT2D eigenvalue weighted by atomic mass is 10.1. The van der Waals surface area contributed by atoms with Crippen molar-refractivity contribution in [2.24, 2.45) is 0 Å². The molecule has 0 aliphatic carbocycles. The molecule has 4 nitrogen and oxygen atoms in total. The Kier molecular flexibility index (Phi) is 3.60. The molecule has 0 spiro atoms. The Hall–Kier alpha value is -2.23. The molecular formula is C15H17N3O. The Morgan fingerprint density at radius 2 is 1.79 bits per heavy atom. The molecule has 1 amide bonds. The van der Waals surface area contributed by atoms with E-state index < -0.39 is 0 Å². The molecule has 0 saturated carbocycles. The summed E-state index contributed by atoms with van der Waals surface area (Å²) in [5, 5.41) is 2.88. The molecule has 4 heteroatoms. The largest absolute Gasteiger partial charge is 0.320 e. The van der Waals surface area contributed by atoms with Gasteiger partial charge in [-0.3, -0.25) is 4.79 Å². The predicted molar refractivity (Wildman–Crippen MR) is 75.4 cm³/mol. The Bertz CT molecular complexity index is 615. The van der Waals surface area contributed by atoms with Crippen LogP contribution in [0.3, 0.4) is 0 Å². The van der Waals surface area contributed by atoms with E-state index in [1.165, 1.54) is 5.56 Å². The monoisotopic (exact) mass is 255 g/mol. The number of carbonyl (C=O) groups is 1. The lowest BCUT2D eigenvalue weighted by Gasteiger charge is -2.09. The first-order valence-corrected chi connectivity index (χ1v) is 6.16. The molecule has 1 aromatic heterocycles. The number of nitrogens with one attached hydrogen (secondary N) is 1. The number of benzene rings is 1. The molecule has 0 atom stereocenters. The number of aryl methyl sites for hydroxylation is 4. The minimum absolute atomic E-state index is 0.208. The standard InChI is InChI=1S/C15H17N3O/c1-9-5-6-13(10(2)7-9)18-15(19)14-8-11(3)16-12(4)17-14/h5-8H,1-4H3,(H,18,19). The van der Waals surface area contributed by atoms with Gasteiger partial charge in [0.1, 0.15) is 11.5 Å². The number of hydrogen-bond acceptors (Lipinski definition) is 3. The number of rotatable bonds is 2. The molecule has 19 heavy (non-hydrogen) atoms. The van der Waals surface area contributed by atoms with Crippen LogP contribution in [0.25, 0.3) is 0 Å². The first-order valence-electron chi connectivity index (χ1n) is 6.16. The Balaban J connectivity index is 2.25. The molecule has 0 unspecified atom stereocenters. The summed E-state index contributed by atoms with van der Waals surface area (Å²) in [7, 11) is 0. The zero-order valence-electron chi connectivity index (χ0n) is 11.6. The van der Waals surface area contributed by atoms with Crippen LogP contribution in [0.1, 0.15) is 33.1 Å². The fraction of sp³-hybridized carbons (Fsp3) is 0.267. The van der Waals surface area contributed by atoms with Gasteiger partial charge in [-0.25, -0.2) is 9.97 Å². The molecular weight excluding hydrogens is 238 g/mol. The summed E-state index contributed by atoms with van der Waals surface area (Å²) in [5.74, 6) is 0.395. The van der Waals surface area contributed by atoms with Gasteiger partial charge >= 0.3 is 0 Å². The van der Waals surface area contributed by atoms with Crippen molar-refractivity contribution in [3.05, 3.63) is 52.6 Å². The average Bonchev–Trinajstić information content (AvgIpc) is 2.31. The molecule has 0 saturated heterocycles. The Morgan fingerprint density at radius 3 is 2.42 bits per heavy atom. The van der Waals surface area contributed by atoms with Gasteiger partial charge in [0.05, 0.1) is 0 Å². The van der Waals surface area contributed by atoms with Crippen molar-refractivity contribution in [1.82, 2.24) is 9.97 Å². The van der Waals surface area contributed by atoms with Gasteiger partial charge < -0.3 is 5.32 Å². The maximum atomic E-state index is 12.2. The van der Waals surface area contributed by atoms with E-state index in [1.54, 1.807) is 13.0 Å². The van der Waals surface area contributed by atoms with Gasteiger partial charge in [-0.15, -0.1) is 0 Å². The normalized spacial score (nSPS) is 10.3. The van der Waals surface area contributed by atoms with Crippen LogP contribution in [0.5, 0.6) is 0 Å². The van der Waals surface area contributed by atoms with E-state index in [1.807, 2.05) is 39.0 Å². The summed E-state index contributed by atoms with van der Waals surface area (Å²) < 4.78 is 0. The van der Waals surface area contributed by atoms with Crippen molar-refractivity contribution in [2.45, 2.75) is 27.7 Å². The van der Waals surface area contributed by atoms with Crippen LogP contribution in [-0.4, -0.2) is 15.9 Å². The van der Waals surface area contributed by atoms with Crippen molar-refractivity contribution in [3.8, 4) is 0 Å². The fourth-order valence-electron chi connectivity index (χ4n) is 1.97. The highest BCUT2D eigenvalue weighted by atomic mass is 16.1. The predicted octanol–water partition coefficient (Wildman–Crippen LogP) is 2.96. The zero-order chi connectivity index (χ0) is 14.0. The second-order valence-corrected chi connectivity index (χ2v) is 4.71. The molecule has 0 bridgehead atoms. The second kappa shape index (κ2) is 5.18. The SMILES string of the molecule is Cc1ccc(NC(=O)c2cc(C)nc(C)n2)c(C)c1. The van der Waals surface area contributed by atoms with E-state index in [2.05, 4.69) is 15.3 Å². The van der Waals surface area contributed by atoms with E-state index in [-0.39, 0.29) is 5.91 Å². The van der Waals surface area contributed by atoms with Crippen molar-refractivity contribution in [2.75, 3.05) is 5.32 Å². The third-order valence-electron chi connectivity index (χ3n) is 2.83. The van der Waals surface area contributed by atoms with Crippen molar-refractivity contribution in [1.29, 1.82) is 0 Å².